The Bertz CT molecular complexity index is 387. The van der Waals surface area contributed by atoms with Crippen LogP contribution in [0.3, 0.4) is 0 Å². The molecule has 0 aliphatic carbocycles. The van der Waals surface area contributed by atoms with Gasteiger partial charge in [-0.15, -0.1) is 0 Å². The number of hydrogen-bond acceptors (Lipinski definition) is 3. The van der Waals surface area contributed by atoms with E-state index in [2.05, 4.69) is 4.74 Å². The molecule has 0 amide bonds. The van der Waals surface area contributed by atoms with Crippen LogP contribution in [0.4, 0.5) is 0 Å². The summed E-state index contributed by atoms with van der Waals surface area (Å²) in [6.45, 7) is 0.538. The van der Waals surface area contributed by atoms with Crippen molar-refractivity contribution in [3.05, 3.63) is 35.4 Å². The van der Waals surface area contributed by atoms with Gasteiger partial charge in [0.1, 0.15) is 0 Å². The molecule has 0 aliphatic heterocycles. The van der Waals surface area contributed by atoms with E-state index in [4.69, 9.17) is 11.1 Å². The molecule has 1 aromatic carbocycles. The van der Waals surface area contributed by atoms with Crippen LogP contribution >= 0.6 is 0 Å². The van der Waals surface area contributed by atoms with Gasteiger partial charge in [-0.1, -0.05) is 12.1 Å². The molecule has 5 heteroatoms. The number of ether oxygens (including phenoxy) is 1. The molecule has 0 aliphatic rings. The van der Waals surface area contributed by atoms with Crippen LogP contribution in [0.15, 0.2) is 24.3 Å². The third-order valence-electron chi connectivity index (χ3n) is 2.21. The highest BCUT2D eigenvalue weighted by Crippen LogP contribution is 2.07. The van der Waals surface area contributed by atoms with Crippen molar-refractivity contribution in [1.29, 1.82) is 5.41 Å². The van der Waals surface area contributed by atoms with Crippen LogP contribution in [0.5, 0.6) is 0 Å². The Hall–Kier alpha value is -2.04. The molecule has 5 nitrogen and oxygen atoms in total. The van der Waals surface area contributed by atoms with Gasteiger partial charge in [-0.2, -0.15) is 0 Å². The molecule has 0 radical (unpaired) electrons. The molecule has 3 N–H and O–H groups in total. The first-order valence-corrected chi connectivity index (χ1v) is 4.77. The van der Waals surface area contributed by atoms with Gasteiger partial charge >= 0.3 is 5.97 Å². The maximum absolute atomic E-state index is 11.2. The highest BCUT2D eigenvalue weighted by atomic mass is 16.5. The third-order valence-corrected chi connectivity index (χ3v) is 2.21. The zero-order chi connectivity index (χ0) is 12.1. The van der Waals surface area contributed by atoms with Crippen LogP contribution in [0.2, 0.25) is 0 Å². The highest BCUT2D eigenvalue weighted by molar-refractivity contribution is 5.89. The molecular formula is C11H15N3O2. The van der Waals surface area contributed by atoms with Crippen molar-refractivity contribution < 1.29 is 9.53 Å². The SMILES string of the molecule is COC(=O)c1ccc(CN(C)C(=N)N)cc1. The molecule has 0 heterocycles. The van der Waals surface area contributed by atoms with Gasteiger partial charge in [0.05, 0.1) is 12.7 Å². The van der Waals surface area contributed by atoms with Gasteiger partial charge in [0.15, 0.2) is 5.96 Å². The first-order chi connectivity index (χ1) is 7.54. The molecule has 86 valence electrons. The van der Waals surface area contributed by atoms with Crippen molar-refractivity contribution in [2.75, 3.05) is 14.2 Å². The number of hydrogen-bond donors (Lipinski definition) is 2. The van der Waals surface area contributed by atoms with Crippen molar-refractivity contribution in [2.24, 2.45) is 5.73 Å². The lowest BCUT2D eigenvalue weighted by atomic mass is 10.1. The van der Waals surface area contributed by atoms with Crippen LogP contribution < -0.4 is 5.73 Å². The number of methoxy groups -OCH3 is 1. The van der Waals surface area contributed by atoms with Crippen LogP contribution in [-0.4, -0.2) is 31.0 Å². The zero-order valence-electron chi connectivity index (χ0n) is 9.36. The number of guanidine groups is 1. The Morgan fingerprint density at radius 2 is 2.00 bits per heavy atom. The van der Waals surface area contributed by atoms with E-state index in [1.54, 1.807) is 24.1 Å². The molecule has 1 rings (SSSR count). The number of carbonyl (C=O) groups is 1. The van der Waals surface area contributed by atoms with E-state index in [9.17, 15) is 4.79 Å². The lowest BCUT2D eigenvalue weighted by Crippen LogP contribution is -2.32. The molecule has 0 spiro atoms. The van der Waals surface area contributed by atoms with Gasteiger partial charge < -0.3 is 15.4 Å². The Morgan fingerprint density at radius 1 is 1.44 bits per heavy atom. The molecule has 0 saturated carbocycles. The number of esters is 1. The van der Waals surface area contributed by atoms with Gasteiger partial charge in [-0.25, -0.2) is 4.79 Å². The number of nitrogens with two attached hydrogens (primary N) is 1. The van der Waals surface area contributed by atoms with E-state index in [0.717, 1.165) is 5.56 Å². The molecule has 0 bridgehead atoms. The van der Waals surface area contributed by atoms with Crippen LogP contribution in [0.25, 0.3) is 0 Å². The largest absolute Gasteiger partial charge is 0.465 e. The normalized spacial score (nSPS) is 9.62. The smallest absolute Gasteiger partial charge is 0.337 e. The van der Waals surface area contributed by atoms with Gasteiger partial charge in [0.2, 0.25) is 0 Å². The fourth-order valence-electron chi connectivity index (χ4n) is 1.22. The second-order valence-electron chi connectivity index (χ2n) is 3.43. The summed E-state index contributed by atoms with van der Waals surface area (Å²) in [5.74, 6) is -0.344. The minimum absolute atomic E-state index is 0.0112. The van der Waals surface area contributed by atoms with Crippen molar-refractivity contribution in [3.8, 4) is 0 Å². The van der Waals surface area contributed by atoms with Crippen LogP contribution in [0, 0.1) is 5.41 Å². The van der Waals surface area contributed by atoms with E-state index in [1.165, 1.54) is 7.11 Å². The predicted octanol–water partition coefficient (Wildman–Crippen LogP) is 0.798. The van der Waals surface area contributed by atoms with Crippen molar-refractivity contribution in [3.63, 3.8) is 0 Å². The molecule has 0 atom stereocenters. The van der Waals surface area contributed by atoms with E-state index < -0.39 is 0 Å². The number of rotatable bonds is 3. The summed E-state index contributed by atoms with van der Waals surface area (Å²) in [7, 11) is 3.08. The molecule has 16 heavy (non-hydrogen) atoms. The fourth-order valence-corrected chi connectivity index (χ4v) is 1.22. The number of carbonyl (C=O) groups excluding carboxylic acids is 1. The van der Waals surface area contributed by atoms with Gasteiger partial charge in [0.25, 0.3) is 0 Å². The van der Waals surface area contributed by atoms with E-state index in [1.807, 2.05) is 12.1 Å². The molecular weight excluding hydrogens is 206 g/mol. The second kappa shape index (κ2) is 5.16. The summed E-state index contributed by atoms with van der Waals surface area (Å²) in [6.07, 6.45) is 0. The fraction of sp³-hybridized carbons (Fsp3) is 0.273. The Morgan fingerprint density at radius 3 is 2.44 bits per heavy atom. The summed E-state index contributed by atoms with van der Waals surface area (Å²) in [5.41, 5.74) is 6.81. The number of nitrogens with one attached hydrogen (secondary N) is 1. The second-order valence-corrected chi connectivity index (χ2v) is 3.43. The summed E-state index contributed by atoms with van der Waals surface area (Å²) in [6, 6.07) is 7.00. The maximum Gasteiger partial charge on any atom is 0.337 e. The Kier molecular flexibility index (Phi) is 3.88. The minimum atomic E-state index is -0.355. The molecule has 0 saturated heterocycles. The lowest BCUT2D eigenvalue weighted by Gasteiger charge is -2.16. The molecule has 0 fully saturated rings. The van der Waals surface area contributed by atoms with Gasteiger partial charge in [0, 0.05) is 13.6 Å². The van der Waals surface area contributed by atoms with Crippen molar-refractivity contribution in [2.45, 2.75) is 6.54 Å². The Balaban J connectivity index is 2.72. The average molecular weight is 221 g/mol. The van der Waals surface area contributed by atoms with Crippen LogP contribution in [0.1, 0.15) is 15.9 Å². The monoisotopic (exact) mass is 221 g/mol. The number of nitrogens with zero attached hydrogens (tertiary/aromatic N) is 1. The van der Waals surface area contributed by atoms with E-state index >= 15 is 0 Å². The topological polar surface area (TPSA) is 79.4 Å². The van der Waals surface area contributed by atoms with Crippen LogP contribution in [-0.2, 0) is 11.3 Å². The zero-order valence-corrected chi connectivity index (χ0v) is 9.36. The van der Waals surface area contributed by atoms with E-state index in [-0.39, 0.29) is 11.9 Å². The predicted molar refractivity (Wildman–Crippen MR) is 61.2 cm³/mol. The highest BCUT2D eigenvalue weighted by Gasteiger charge is 2.05. The summed E-state index contributed by atoms with van der Waals surface area (Å²) < 4.78 is 4.59. The van der Waals surface area contributed by atoms with E-state index in [0.29, 0.717) is 12.1 Å². The van der Waals surface area contributed by atoms with Crippen molar-refractivity contribution >= 4 is 11.9 Å². The lowest BCUT2D eigenvalue weighted by molar-refractivity contribution is 0.0600. The quantitative estimate of drug-likeness (QED) is 0.449. The molecule has 0 aromatic heterocycles. The first-order valence-electron chi connectivity index (χ1n) is 4.77. The summed E-state index contributed by atoms with van der Waals surface area (Å²) >= 11 is 0. The van der Waals surface area contributed by atoms with Crippen molar-refractivity contribution in [1.82, 2.24) is 4.90 Å². The van der Waals surface area contributed by atoms with Gasteiger partial charge in [-0.05, 0) is 17.7 Å². The molecule has 1 aromatic rings. The first kappa shape index (κ1) is 12.0. The minimum Gasteiger partial charge on any atom is -0.465 e. The maximum atomic E-state index is 11.2. The Labute approximate surface area is 94.3 Å². The van der Waals surface area contributed by atoms with Gasteiger partial charge in [-0.3, -0.25) is 5.41 Å². The summed E-state index contributed by atoms with van der Waals surface area (Å²) in [5, 5.41) is 7.22. The summed E-state index contributed by atoms with van der Waals surface area (Å²) in [4.78, 5) is 12.8. The standard InChI is InChI=1S/C11H15N3O2/c1-14(11(12)13)7-8-3-5-9(6-4-8)10(15)16-2/h3-6H,7H2,1-2H3,(H3,12,13). The molecule has 0 unspecified atom stereocenters. The third kappa shape index (κ3) is 2.98. The number of benzene rings is 1. The average Bonchev–Trinajstić information content (AvgIpc) is 2.28.